The third kappa shape index (κ3) is 8.36. The summed E-state index contributed by atoms with van der Waals surface area (Å²) in [5.74, 6) is -1.35. The first kappa shape index (κ1) is 27.2. The number of halogens is 1. The summed E-state index contributed by atoms with van der Waals surface area (Å²) in [6.45, 7) is 3.80. The fourth-order valence-electron chi connectivity index (χ4n) is 3.13. The molecule has 0 bridgehead atoms. The molecule has 3 aromatic carbocycles. The number of benzene rings is 3. The van der Waals surface area contributed by atoms with Gasteiger partial charge in [-0.15, -0.1) is 0 Å². The molecule has 0 saturated carbocycles. The summed E-state index contributed by atoms with van der Waals surface area (Å²) in [5.41, 5.74) is 6.21. The molecule has 0 aliphatic rings. The maximum atomic E-state index is 12.3. The molecule has 0 spiro atoms. The molecule has 0 saturated heterocycles. The summed E-state index contributed by atoms with van der Waals surface area (Å²) in [7, 11) is 1.46. The molecule has 0 heterocycles. The van der Waals surface area contributed by atoms with Gasteiger partial charge in [-0.05, 0) is 60.9 Å². The number of rotatable bonds is 9. The molecule has 0 unspecified atom stereocenters. The summed E-state index contributed by atoms with van der Waals surface area (Å²) in [6, 6.07) is 17.7. The van der Waals surface area contributed by atoms with Gasteiger partial charge in [0.2, 0.25) is 0 Å². The van der Waals surface area contributed by atoms with E-state index in [-0.39, 0.29) is 19.1 Å². The number of nitrogens with zero attached hydrogens (tertiary/aromatic N) is 1. The van der Waals surface area contributed by atoms with Crippen LogP contribution >= 0.6 is 11.6 Å². The van der Waals surface area contributed by atoms with Crippen LogP contribution in [0.15, 0.2) is 65.8 Å². The molecule has 0 aromatic heterocycles. The van der Waals surface area contributed by atoms with Crippen molar-refractivity contribution in [3.05, 3.63) is 87.9 Å². The lowest BCUT2D eigenvalue weighted by atomic mass is 10.1. The average molecular weight is 523 g/mol. The zero-order chi connectivity index (χ0) is 26.8. The molecule has 0 fully saturated rings. The van der Waals surface area contributed by atoms with E-state index in [9.17, 15) is 14.4 Å². The monoisotopic (exact) mass is 522 g/mol. The van der Waals surface area contributed by atoms with Crippen LogP contribution in [0.5, 0.6) is 11.5 Å². The molecule has 37 heavy (non-hydrogen) atoms. The Morgan fingerprint density at radius 3 is 2.43 bits per heavy atom. The standard InChI is InChI=1S/C27H27ClN4O5/c1-17-4-7-19(8-5-17)14-29-26(34)27(35)32-30-15-20-9-11-23(24(12-20)36-3)37-16-25(33)31-22-13-21(28)10-6-18(22)2/h4-13,15H,14,16H2,1-3H3,(H,29,34)(H,31,33)(H,32,35)/b30-15-. The minimum absolute atomic E-state index is 0.228. The summed E-state index contributed by atoms with van der Waals surface area (Å²) in [6.07, 6.45) is 1.35. The minimum atomic E-state index is -0.892. The highest BCUT2D eigenvalue weighted by molar-refractivity contribution is 6.35. The second-order valence-electron chi connectivity index (χ2n) is 8.07. The third-order valence-corrected chi connectivity index (χ3v) is 5.41. The van der Waals surface area contributed by atoms with Crippen molar-refractivity contribution in [1.82, 2.24) is 10.7 Å². The second kappa shape index (κ2) is 13.1. The van der Waals surface area contributed by atoms with Gasteiger partial charge in [-0.2, -0.15) is 5.10 Å². The molecule has 0 aliphatic carbocycles. The smallest absolute Gasteiger partial charge is 0.329 e. The van der Waals surface area contributed by atoms with Crippen LogP contribution < -0.4 is 25.5 Å². The largest absolute Gasteiger partial charge is 0.493 e. The summed E-state index contributed by atoms with van der Waals surface area (Å²) < 4.78 is 10.9. The number of anilines is 1. The predicted octanol–water partition coefficient (Wildman–Crippen LogP) is 3.75. The number of aryl methyl sites for hydroxylation is 2. The van der Waals surface area contributed by atoms with E-state index in [1.165, 1.54) is 13.3 Å². The van der Waals surface area contributed by atoms with Gasteiger partial charge in [0.1, 0.15) is 0 Å². The molecule has 3 rings (SSSR count). The maximum Gasteiger partial charge on any atom is 0.329 e. The summed E-state index contributed by atoms with van der Waals surface area (Å²) in [4.78, 5) is 36.3. The van der Waals surface area contributed by atoms with Crippen LogP contribution in [0.2, 0.25) is 5.02 Å². The molecule has 10 heteroatoms. The number of ether oxygens (including phenoxy) is 2. The van der Waals surface area contributed by atoms with Crippen LogP contribution in [0.4, 0.5) is 5.69 Å². The average Bonchev–Trinajstić information content (AvgIpc) is 2.89. The Balaban J connectivity index is 1.50. The lowest BCUT2D eigenvalue weighted by Gasteiger charge is -2.12. The normalized spacial score (nSPS) is 10.6. The Bertz CT molecular complexity index is 1310. The van der Waals surface area contributed by atoms with Crippen LogP contribution in [0, 0.1) is 13.8 Å². The summed E-state index contributed by atoms with van der Waals surface area (Å²) in [5, 5.41) is 9.62. The highest BCUT2D eigenvalue weighted by Crippen LogP contribution is 2.27. The Hall–Kier alpha value is -4.37. The van der Waals surface area contributed by atoms with Crippen LogP contribution in [-0.4, -0.2) is 37.7 Å². The molecule has 3 N–H and O–H groups in total. The topological polar surface area (TPSA) is 118 Å². The Morgan fingerprint density at radius 2 is 1.70 bits per heavy atom. The molecule has 0 atom stereocenters. The number of carbonyl (C=O) groups is 3. The van der Waals surface area contributed by atoms with Crippen molar-refractivity contribution < 1.29 is 23.9 Å². The van der Waals surface area contributed by atoms with E-state index in [2.05, 4.69) is 21.2 Å². The van der Waals surface area contributed by atoms with Gasteiger partial charge in [0, 0.05) is 17.3 Å². The zero-order valence-corrected chi connectivity index (χ0v) is 21.4. The minimum Gasteiger partial charge on any atom is -0.493 e. The van der Waals surface area contributed by atoms with Gasteiger partial charge in [0.25, 0.3) is 5.91 Å². The predicted molar refractivity (Wildman–Crippen MR) is 142 cm³/mol. The zero-order valence-electron chi connectivity index (χ0n) is 20.6. The number of hydrazone groups is 1. The molecule has 192 valence electrons. The van der Waals surface area contributed by atoms with Crippen molar-refractivity contribution in [3.63, 3.8) is 0 Å². The van der Waals surface area contributed by atoms with E-state index >= 15 is 0 Å². The van der Waals surface area contributed by atoms with Crippen molar-refractivity contribution in [1.29, 1.82) is 0 Å². The van der Waals surface area contributed by atoms with Crippen molar-refractivity contribution in [2.24, 2.45) is 5.10 Å². The van der Waals surface area contributed by atoms with E-state index in [0.29, 0.717) is 27.8 Å². The van der Waals surface area contributed by atoms with Gasteiger partial charge in [-0.25, -0.2) is 5.43 Å². The second-order valence-corrected chi connectivity index (χ2v) is 8.51. The lowest BCUT2D eigenvalue weighted by Crippen LogP contribution is -2.37. The Labute approximate surface area is 219 Å². The van der Waals surface area contributed by atoms with Crippen molar-refractivity contribution in [3.8, 4) is 11.5 Å². The van der Waals surface area contributed by atoms with E-state index < -0.39 is 11.8 Å². The summed E-state index contributed by atoms with van der Waals surface area (Å²) >= 11 is 5.99. The van der Waals surface area contributed by atoms with E-state index in [1.807, 2.05) is 44.2 Å². The van der Waals surface area contributed by atoms with Crippen LogP contribution in [-0.2, 0) is 20.9 Å². The first-order valence-electron chi connectivity index (χ1n) is 11.3. The number of hydrogen-bond donors (Lipinski definition) is 3. The number of hydrogen-bond acceptors (Lipinski definition) is 6. The molecule has 9 nitrogen and oxygen atoms in total. The number of amides is 3. The maximum absolute atomic E-state index is 12.3. The molecule has 0 radical (unpaired) electrons. The fraction of sp³-hybridized carbons (Fsp3) is 0.185. The lowest BCUT2D eigenvalue weighted by molar-refractivity contribution is -0.139. The SMILES string of the molecule is COc1cc(/C=N\NC(=O)C(=O)NCc2ccc(C)cc2)ccc1OCC(=O)Nc1cc(Cl)ccc1C. The highest BCUT2D eigenvalue weighted by atomic mass is 35.5. The Morgan fingerprint density at radius 1 is 0.946 bits per heavy atom. The van der Waals surface area contributed by atoms with E-state index in [0.717, 1.165) is 16.7 Å². The third-order valence-electron chi connectivity index (χ3n) is 5.18. The van der Waals surface area contributed by atoms with E-state index in [1.54, 1.807) is 30.3 Å². The Kier molecular flexibility index (Phi) is 9.62. The number of methoxy groups -OCH3 is 1. The first-order chi connectivity index (χ1) is 17.7. The highest BCUT2D eigenvalue weighted by Gasteiger charge is 2.13. The van der Waals surface area contributed by atoms with Gasteiger partial charge in [-0.3, -0.25) is 14.4 Å². The van der Waals surface area contributed by atoms with Gasteiger partial charge in [-0.1, -0.05) is 47.5 Å². The quantitative estimate of drug-likeness (QED) is 0.225. The van der Waals surface area contributed by atoms with Crippen molar-refractivity contribution in [2.45, 2.75) is 20.4 Å². The van der Waals surface area contributed by atoms with Gasteiger partial charge < -0.3 is 20.1 Å². The number of carbonyl (C=O) groups excluding carboxylic acids is 3. The molecular weight excluding hydrogens is 496 g/mol. The van der Waals surface area contributed by atoms with Crippen LogP contribution in [0.1, 0.15) is 22.3 Å². The number of nitrogens with one attached hydrogen (secondary N) is 3. The van der Waals surface area contributed by atoms with Gasteiger partial charge in [0.05, 0.1) is 13.3 Å². The van der Waals surface area contributed by atoms with Gasteiger partial charge >= 0.3 is 11.8 Å². The molecule has 3 aromatic rings. The fourth-order valence-corrected chi connectivity index (χ4v) is 3.30. The molecule has 3 amide bonds. The van der Waals surface area contributed by atoms with Crippen LogP contribution in [0.3, 0.4) is 0 Å². The first-order valence-corrected chi connectivity index (χ1v) is 11.7. The molecule has 0 aliphatic heterocycles. The van der Waals surface area contributed by atoms with Crippen molar-refractivity contribution in [2.75, 3.05) is 19.0 Å². The van der Waals surface area contributed by atoms with E-state index in [4.69, 9.17) is 21.1 Å². The molecular formula is C27H27ClN4O5. The van der Waals surface area contributed by atoms with Gasteiger partial charge in [0.15, 0.2) is 18.1 Å². The van der Waals surface area contributed by atoms with Crippen LogP contribution in [0.25, 0.3) is 0 Å². The van der Waals surface area contributed by atoms with Crippen molar-refractivity contribution >= 4 is 41.2 Å².